The Morgan fingerprint density at radius 2 is 1.90 bits per heavy atom. The number of hydrogen-bond donors (Lipinski definition) is 1. The van der Waals surface area contributed by atoms with Gasteiger partial charge in [0.2, 0.25) is 11.9 Å². The van der Waals surface area contributed by atoms with Crippen molar-refractivity contribution in [2.75, 3.05) is 51.1 Å². The molecule has 0 aliphatic heterocycles. The fraction of sp³-hybridized carbons (Fsp3) is 0.769. The first-order valence-corrected chi connectivity index (χ1v) is 6.99. The SMILES string of the molecule is CCOc1nc(NC)nc(N(CC)C(C)CN(C)C)n1. The van der Waals surface area contributed by atoms with Crippen LogP contribution in [0.5, 0.6) is 6.01 Å². The van der Waals surface area contributed by atoms with Crippen LogP contribution in [0.25, 0.3) is 0 Å². The van der Waals surface area contributed by atoms with Gasteiger partial charge in [0.15, 0.2) is 0 Å². The summed E-state index contributed by atoms with van der Waals surface area (Å²) in [5, 5.41) is 2.95. The van der Waals surface area contributed by atoms with Crippen molar-refractivity contribution >= 4 is 11.9 Å². The van der Waals surface area contributed by atoms with Gasteiger partial charge in [-0.1, -0.05) is 0 Å². The third-order valence-corrected chi connectivity index (χ3v) is 2.86. The maximum atomic E-state index is 5.41. The molecule has 0 bridgehead atoms. The first kappa shape index (κ1) is 16.4. The highest BCUT2D eigenvalue weighted by atomic mass is 16.5. The number of likely N-dealkylation sites (N-methyl/N-ethyl adjacent to an activating group) is 2. The second kappa shape index (κ2) is 7.84. The summed E-state index contributed by atoms with van der Waals surface area (Å²) in [5.41, 5.74) is 0. The largest absolute Gasteiger partial charge is 0.464 e. The molecule has 0 fully saturated rings. The molecule has 0 aromatic carbocycles. The van der Waals surface area contributed by atoms with Gasteiger partial charge in [0, 0.05) is 26.2 Å². The van der Waals surface area contributed by atoms with Crippen molar-refractivity contribution in [1.29, 1.82) is 0 Å². The predicted octanol–water partition coefficient (Wildman–Crippen LogP) is 1.09. The molecule has 7 nitrogen and oxygen atoms in total. The maximum absolute atomic E-state index is 5.41. The molecule has 0 amide bonds. The Hall–Kier alpha value is -1.63. The number of aromatic nitrogens is 3. The monoisotopic (exact) mass is 282 g/mol. The molecule has 0 aliphatic rings. The molecule has 1 N–H and O–H groups in total. The summed E-state index contributed by atoms with van der Waals surface area (Å²) >= 11 is 0. The molecule has 1 heterocycles. The smallest absolute Gasteiger partial charge is 0.323 e. The lowest BCUT2D eigenvalue weighted by Crippen LogP contribution is -2.41. The second-order valence-corrected chi connectivity index (χ2v) is 4.82. The highest BCUT2D eigenvalue weighted by Crippen LogP contribution is 2.17. The van der Waals surface area contributed by atoms with Crippen molar-refractivity contribution in [2.45, 2.75) is 26.8 Å². The van der Waals surface area contributed by atoms with Gasteiger partial charge in [-0.15, -0.1) is 0 Å². The Morgan fingerprint density at radius 3 is 2.40 bits per heavy atom. The molecule has 0 saturated heterocycles. The van der Waals surface area contributed by atoms with E-state index in [4.69, 9.17) is 4.74 Å². The summed E-state index contributed by atoms with van der Waals surface area (Å²) in [6.07, 6.45) is 0. The lowest BCUT2D eigenvalue weighted by Gasteiger charge is -2.30. The van der Waals surface area contributed by atoms with Crippen LogP contribution in [-0.4, -0.2) is 66.7 Å². The van der Waals surface area contributed by atoms with Crippen LogP contribution in [-0.2, 0) is 0 Å². The Labute approximate surface area is 121 Å². The van der Waals surface area contributed by atoms with Gasteiger partial charge in [-0.3, -0.25) is 0 Å². The van der Waals surface area contributed by atoms with Gasteiger partial charge in [0.05, 0.1) is 6.61 Å². The average molecular weight is 282 g/mol. The molecule has 1 aromatic heterocycles. The Morgan fingerprint density at radius 1 is 1.20 bits per heavy atom. The fourth-order valence-corrected chi connectivity index (χ4v) is 2.06. The van der Waals surface area contributed by atoms with Gasteiger partial charge in [0.25, 0.3) is 0 Å². The summed E-state index contributed by atoms with van der Waals surface area (Å²) < 4.78 is 5.41. The van der Waals surface area contributed by atoms with E-state index in [2.05, 4.69) is 58.0 Å². The minimum atomic E-state index is 0.302. The van der Waals surface area contributed by atoms with Gasteiger partial charge < -0.3 is 19.9 Å². The van der Waals surface area contributed by atoms with E-state index in [-0.39, 0.29) is 0 Å². The Bertz CT molecular complexity index is 412. The van der Waals surface area contributed by atoms with Crippen LogP contribution in [0.15, 0.2) is 0 Å². The van der Waals surface area contributed by atoms with Crippen molar-refractivity contribution in [3.8, 4) is 6.01 Å². The van der Waals surface area contributed by atoms with Crippen molar-refractivity contribution in [2.24, 2.45) is 0 Å². The number of ether oxygens (including phenoxy) is 1. The van der Waals surface area contributed by atoms with E-state index in [1.165, 1.54) is 0 Å². The van der Waals surface area contributed by atoms with E-state index < -0.39 is 0 Å². The molecular formula is C13H26N6O. The Kier molecular flexibility index (Phi) is 6.44. The third-order valence-electron chi connectivity index (χ3n) is 2.86. The Balaban J connectivity index is 3.03. The standard InChI is InChI=1S/C13H26N6O/c1-7-19(10(3)9-18(5)6)12-15-11(14-4)16-13(17-12)20-8-2/h10H,7-9H2,1-6H3,(H,14,15,16,17). The molecule has 0 saturated carbocycles. The lowest BCUT2D eigenvalue weighted by molar-refractivity contribution is 0.311. The van der Waals surface area contributed by atoms with Crippen molar-refractivity contribution < 1.29 is 4.74 Å². The molecule has 0 spiro atoms. The lowest BCUT2D eigenvalue weighted by atomic mass is 10.3. The molecule has 1 aromatic rings. The molecule has 0 aliphatic carbocycles. The van der Waals surface area contributed by atoms with Gasteiger partial charge in [-0.25, -0.2) is 0 Å². The van der Waals surface area contributed by atoms with Crippen molar-refractivity contribution in [3.05, 3.63) is 0 Å². The third kappa shape index (κ3) is 4.48. The van der Waals surface area contributed by atoms with Gasteiger partial charge >= 0.3 is 6.01 Å². The molecule has 0 radical (unpaired) electrons. The van der Waals surface area contributed by atoms with Crippen LogP contribution < -0.4 is 15.0 Å². The summed E-state index contributed by atoms with van der Waals surface area (Å²) in [7, 11) is 5.90. The van der Waals surface area contributed by atoms with Gasteiger partial charge in [-0.05, 0) is 34.9 Å². The highest BCUT2D eigenvalue weighted by molar-refractivity contribution is 5.39. The van der Waals surface area contributed by atoms with Crippen LogP contribution in [0.4, 0.5) is 11.9 Å². The molecule has 114 valence electrons. The van der Waals surface area contributed by atoms with Gasteiger partial charge in [0.1, 0.15) is 0 Å². The average Bonchev–Trinajstić information content (AvgIpc) is 2.38. The van der Waals surface area contributed by atoms with E-state index in [1.54, 1.807) is 7.05 Å². The van der Waals surface area contributed by atoms with E-state index in [0.29, 0.717) is 30.6 Å². The zero-order valence-electron chi connectivity index (χ0n) is 13.3. The van der Waals surface area contributed by atoms with E-state index in [0.717, 1.165) is 13.1 Å². The number of rotatable bonds is 8. The normalized spacial score (nSPS) is 12.3. The second-order valence-electron chi connectivity index (χ2n) is 4.82. The minimum Gasteiger partial charge on any atom is -0.464 e. The van der Waals surface area contributed by atoms with Crippen molar-refractivity contribution in [3.63, 3.8) is 0 Å². The van der Waals surface area contributed by atoms with Crippen LogP contribution >= 0.6 is 0 Å². The van der Waals surface area contributed by atoms with Crippen LogP contribution in [0.2, 0.25) is 0 Å². The zero-order valence-corrected chi connectivity index (χ0v) is 13.3. The summed E-state index contributed by atoms with van der Waals surface area (Å²) in [5.74, 6) is 1.17. The van der Waals surface area contributed by atoms with Crippen LogP contribution in [0.3, 0.4) is 0 Å². The number of nitrogens with one attached hydrogen (secondary N) is 1. The topological polar surface area (TPSA) is 66.4 Å². The summed E-state index contributed by atoms with van der Waals surface area (Å²) in [6, 6.07) is 0.661. The molecular weight excluding hydrogens is 256 g/mol. The molecule has 7 heteroatoms. The molecule has 1 rings (SSSR count). The summed E-state index contributed by atoms with van der Waals surface area (Å²) in [4.78, 5) is 17.3. The van der Waals surface area contributed by atoms with E-state index in [9.17, 15) is 0 Å². The quantitative estimate of drug-likeness (QED) is 0.765. The van der Waals surface area contributed by atoms with Crippen LogP contribution in [0.1, 0.15) is 20.8 Å². The van der Waals surface area contributed by atoms with E-state index in [1.807, 2.05) is 6.92 Å². The number of anilines is 2. The van der Waals surface area contributed by atoms with Crippen molar-refractivity contribution in [1.82, 2.24) is 19.9 Å². The highest BCUT2D eigenvalue weighted by Gasteiger charge is 2.18. The molecule has 1 atom stereocenters. The number of hydrogen-bond acceptors (Lipinski definition) is 7. The predicted molar refractivity (Wildman–Crippen MR) is 81.6 cm³/mol. The summed E-state index contributed by atoms with van der Waals surface area (Å²) in [6.45, 7) is 8.45. The van der Waals surface area contributed by atoms with Gasteiger partial charge in [-0.2, -0.15) is 15.0 Å². The van der Waals surface area contributed by atoms with E-state index >= 15 is 0 Å². The minimum absolute atomic E-state index is 0.302. The first-order chi connectivity index (χ1) is 9.51. The zero-order chi connectivity index (χ0) is 15.1. The molecule has 20 heavy (non-hydrogen) atoms. The fourth-order valence-electron chi connectivity index (χ4n) is 2.06. The van der Waals surface area contributed by atoms with Crippen LogP contribution in [0, 0.1) is 0 Å². The number of nitrogens with zero attached hydrogens (tertiary/aromatic N) is 5. The molecule has 1 unspecified atom stereocenters. The maximum Gasteiger partial charge on any atom is 0.323 e. The first-order valence-electron chi connectivity index (χ1n) is 6.99.